The Hall–Kier alpha value is -3.00. The van der Waals surface area contributed by atoms with Gasteiger partial charge in [-0.2, -0.15) is 0 Å². The van der Waals surface area contributed by atoms with Crippen molar-refractivity contribution < 1.29 is 18.7 Å². The van der Waals surface area contributed by atoms with E-state index in [1.165, 1.54) is 0 Å². The van der Waals surface area contributed by atoms with Gasteiger partial charge in [0.25, 0.3) is 5.22 Å². The van der Waals surface area contributed by atoms with Crippen molar-refractivity contribution in [3.63, 3.8) is 0 Å². The van der Waals surface area contributed by atoms with Crippen molar-refractivity contribution in [2.75, 3.05) is 18.2 Å². The molecular formula is C17H15N3O4S. The fourth-order valence-electron chi connectivity index (χ4n) is 2.04. The maximum atomic E-state index is 11.9. The Morgan fingerprint density at radius 1 is 1.16 bits per heavy atom. The largest absolute Gasteiger partial charge is 0.497 e. The summed E-state index contributed by atoms with van der Waals surface area (Å²) in [5, 5.41) is 5.20. The molecule has 7 nitrogen and oxygen atoms in total. The lowest BCUT2D eigenvalue weighted by atomic mass is 10.3. The van der Waals surface area contributed by atoms with Gasteiger partial charge in [-0.25, -0.2) is 9.78 Å². The lowest BCUT2D eigenvalue weighted by Gasteiger charge is -2.07. The van der Waals surface area contributed by atoms with Crippen LogP contribution in [0.5, 0.6) is 5.75 Å². The highest BCUT2D eigenvalue weighted by atomic mass is 32.2. The zero-order chi connectivity index (χ0) is 17.6. The topological polar surface area (TPSA) is 93.5 Å². The van der Waals surface area contributed by atoms with Crippen LogP contribution in [-0.4, -0.2) is 29.8 Å². The minimum Gasteiger partial charge on any atom is -0.497 e. The van der Waals surface area contributed by atoms with Crippen LogP contribution in [0.3, 0.4) is 0 Å². The van der Waals surface area contributed by atoms with Gasteiger partial charge in [-0.15, -0.1) is 0 Å². The molecule has 1 heterocycles. The normalized spacial score (nSPS) is 10.4. The van der Waals surface area contributed by atoms with E-state index in [-0.39, 0.29) is 5.75 Å². The average molecular weight is 357 g/mol. The van der Waals surface area contributed by atoms with Gasteiger partial charge in [0.05, 0.1) is 12.9 Å². The molecule has 0 bridgehead atoms. The fourth-order valence-corrected chi connectivity index (χ4v) is 2.68. The number of methoxy groups -OCH3 is 1. The number of hydrogen-bond acceptors (Lipinski definition) is 6. The molecule has 3 rings (SSSR count). The summed E-state index contributed by atoms with van der Waals surface area (Å²) in [5.41, 5.74) is 1.93. The van der Waals surface area contributed by atoms with E-state index in [4.69, 9.17) is 9.15 Å². The second-order valence-corrected chi connectivity index (χ2v) is 5.89. The molecule has 25 heavy (non-hydrogen) atoms. The van der Waals surface area contributed by atoms with Crippen LogP contribution in [0, 0.1) is 0 Å². The number of imide groups is 1. The zero-order valence-corrected chi connectivity index (χ0v) is 14.1. The minimum absolute atomic E-state index is 0.0167. The standard InChI is InChI=1S/C17H15N3O4S/c1-23-12-8-6-11(7-9-12)18-16(22)20-15(21)10-25-17-19-13-4-2-3-5-14(13)24-17/h2-9H,10H2,1H3,(H2,18,20,21,22). The van der Waals surface area contributed by atoms with Gasteiger partial charge in [0.15, 0.2) is 5.58 Å². The molecule has 3 aromatic rings. The molecule has 0 aliphatic heterocycles. The van der Waals surface area contributed by atoms with Crippen LogP contribution in [0.25, 0.3) is 11.1 Å². The molecule has 2 N–H and O–H groups in total. The van der Waals surface area contributed by atoms with E-state index in [9.17, 15) is 9.59 Å². The molecule has 0 aliphatic rings. The summed E-state index contributed by atoms with van der Waals surface area (Å²) >= 11 is 1.12. The van der Waals surface area contributed by atoms with Gasteiger partial charge in [-0.3, -0.25) is 10.1 Å². The number of thioether (sulfide) groups is 1. The third-order valence-electron chi connectivity index (χ3n) is 3.20. The monoisotopic (exact) mass is 357 g/mol. The molecule has 1 aromatic heterocycles. The van der Waals surface area contributed by atoms with E-state index in [0.717, 1.165) is 17.3 Å². The number of amides is 3. The van der Waals surface area contributed by atoms with E-state index in [1.807, 2.05) is 18.2 Å². The molecule has 128 valence electrons. The molecule has 0 atom stereocenters. The Morgan fingerprint density at radius 2 is 1.92 bits per heavy atom. The summed E-state index contributed by atoms with van der Waals surface area (Å²) in [6, 6.07) is 13.5. The molecule has 0 saturated carbocycles. The van der Waals surface area contributed by atoms with Crippen LogP contribution >= 0.6 is 11.8 Å². The van der Waals surface area contributed by atoms with Gasteiger partial charge < -0.3 is 14.5 Å². The molecule has 0 fully saturated rings. The number of rotatable bonds is 5. The number of nitrogens with one attached hydrogen (secondary N) is 2. The number of hydrogen-bond donors (Lipinski definition) is 2. The van der Waals surface area contributed by atoms with Gasteiger partial charge in [-0.05, 0) is 36.4 Å². The molecular weight excluding hydrogens is 342 g/mol. The Balaban J connectivity index is 1.48. The number of carbonyl (C=O) groups excluding carboxylic acids is 2. The van der Waals surface area contributed by atoms with Crippen LogP contribution in [0.15, 0.2) is 58.2 Å². The number of para-hydroxylation sites is 2. The second-order valence-electron chi connectivity index (χ2n) is 4.97. The average Bonchev–Trinajstić information content (AvgIpc) is 3.03. The van der Waals surface area contributed by atoms with Crippen molar-refractivity contribution in [3.05, 3.63) is 48.5 Å². The summed E-state index contributed by atoms with van der Waals surface area (Å²) in [4.78, 5) is 27.9. The van der Waals surface area contributed by atoms with Crippen molar-refractivity contribution in [1.29, 1.82) is 0 Å². The van der Waals surface area contributed by atoms with Crippen LogP contribution in [0.2, 0.25) is 0 Å². The third-order valence-corrected chi connectivity index (χ3v) is 4.03. The van der Waals surface area contributed by atoms with E-state index in [1.54, 1.807) is 37.4 Å². The number of benzene rings is 2. The third kappa shape index (κ3) is 4.51. The van der Waals surface area contributed by atoms with Crippen molar-refractivity contribution in [1.82, 2.24) is 10.3 Å². The second kappa shape index (κ2) is 7.71. The molecule has 3 amide bonds. The number of ether oxygens (including phenoxy) is 1. The van der Waals surface area contributed by atoms with Crippen LogP contribution < -0.4 is 15.4 Å². The van der Waals surface area contributed by atoms with E-state index >= 15 is 0 Å². The molecule has 0 spiro atoms. The Morgan fingerprint density at radius 3 is 2.64 bits per heavy atom. The van der Waals surface area contributed by atoms with E-state index in [2.05, 4.69) is 15.6 Å². The smallest absolute Gasteiger partial charge is 0.325 e. The number of urea groups is 1. The maximum absolute atomic E-state index is 11.9. The molecule has 0 saturated heterocycles. The Labute approximate surface area is 147 Å². The molecule has 0 unspecified atom stereocenters. The zero-order valence-electron chi connectivity index (χ0n) is 13.3. The molecule has 0 radical (unpaired) electrons. The predicted molar refractivity (Wildman–Crippen MR) is 94.9 cm³/mol. The van der Waals surface area contributed by atoms with Crippen molar-refractivity contribution in [2.45, 2.75) is 5.22 Å². The van der Waals surface area contributed by atoms with Crippen molar-refractivity contribution in [2.24, 2.45) is 0 Å². The van der Waals surface area contributed by atoms with Crippen LogP contribution in [-0.2, 0) is 4.79 Å². The first kappa shape index (κ1) is 16.8. The quantitative estimate of drug-likeness (QED) is 0.681. The summed E-state index contributed by atoms with van der Waals surface area (Å²) in [7, 11) is 1.56. The van der Waals surface area contributed by atoms with Gasteiger partial charge in [0.2, 0.25) is 5.91 Å². The predicted octanol–water partition coefficient (Wildman–Crippen LogP) is 3.28. The minimum atomic E-state index is -0.603. The Kier molecular flexibility index (Phi) is 5.20. The summed E-state index contributed by atoms with van der Waals surface area (Å²) < 4.78 is 10.5. The van der Waals surface area contributed by atoms with Crippen LogP contribution in [0.4, 0.5) is 10.5 Å². The summed E-state index contributed by atoms with van der Waals surface area (Å²) in [6.07, 6.45) is 0. The Bertz CT molecular complexity index is 859. The number of aromatic nitrogens is 1. The van der Waals surface area contributed by atoms with Gasteiger partial charge in [0, 0.05) is 5.69 Å². The maximum Gasteiger partial charge on any atom is 0.325 e. The summed E-state index contributed by atoms with van der Waals surface area (Å²) in [6.45, 7) is 0. The fraction of sp³-hybridized carbons (Fsp3) is 0.118. The number of fused-ring (bicyclic) bond motifs is 1. The van der Waals surface area contributed by atoms with E-state index < -0.39 is 11.9 Å². The number of carbonyl (C=O) groups is 2. The molecule has 2 aromatic carbocycles. The molecule has 8 heteroatoms. The number of anilines is 1. The van der Waals surface area contributed by atoms with Crippen molar-refractivity contribution >= 4 is 40.5 Å². The highest BCUT2D eigenvalue weighted by Gasteiger charge is 2.12. The highest BCUT2D eigenvalue weighted by molar-refractivity contribution is 7.99. The summed E-state index contributed by atoms with van der Waals surface area (Å²) in [5.74, 6) is 0.248. The lowest BCUT2D eigenvalue weighted by Crippen LogP contribution is -2.35. The van der Waals surface area contributed by atoms with Crippen molar-refractivity contribution in [3.8, 4) is 5.75 Å². The number of oxazole rings is 1. The first-order valence-electron chi connectivity index (χ1n) is 7.37. The first-order chi connectivity index (χ1) is 12.1. The lowest BCUT2D eigenvalue weighted by molar-refractivity contribution is -0.117. The highest BCUT2D eigenvalue weighted by Crippen LogP contribution is 2.22. The first-order valence-corrected chi connectivity index (χ1v) is 8.36. The number of nitrogens with zero attached hydrogens (tertiary/aromatic N) is 1. The van der Waals surface area contributed by atoms with Gasteiger partial charge in [0.1, 0.15) is 11.3 Å². The SMILES string of the molecule is COc1ccc(NC(=O)NC(=O)CSc2nc3ccccc3o2)cc1. The van der Waals surface area contributed by atoms with Gasteiger partial charge in [-0.1, -0.05) is 23.9 Å². The van der Waals surface area contributed by atoms with Gasteiger partial charge >= 0.3 is 6.03 Å². The molecule has 0 aliphatic carbocycles. The van der Waals surface area contributed by atoms with Crippen LogP contribution in [0.1, 0.15) is 0 Å². The van der Waals surface area contributed by atoms with E-state index in [0.29, 0.717) is 22.2 Å².